The third-order valence-electron chi connectivity index (χ3n) is 6.59. The van der Waals surface area contributed by atoms with Gasteiger partial charge in [-0.15, -0.1) is 10.2 Å². The third kappa shape index (κ3) is 4.63. The number of primary amides is 1. The maximum absolute atomic E-state index is 11.5. The van der Waals surface area contributed by atoms with Crippen molar-refractivity contribution in [3.8, 4) is 34.0 Å². The van der Waals surface area contributed by atoms with Gasteiger partial charge in [-0.3, -0.25) is 9.69 Å². The monoisotopic (exact) mass is 452 g/mol. The molecule has 1 atom stereocenters. The first-order valence-electron chi connectivity index (χ1n) is 11.7. The number of hydrogen-bond donors (Lipinski definition) is 1. The van der Waals surface area contributed by atoms with E-state index in [4.69, 9.17) is 10.2 Å². The van der Waals surface area contributed by atoms with Crippen LogP contribution >= 0.6 is 0 Å². The number of benzene rings is 3. The predicted octanol–water partition coefficient (Wildman–Crippen LogP) is 5.08. The number of nitrogens with zero attached hydrogens (tertiary/aromatic N) is 3. The number of amides is 1. The summed E-state index contributed by atoms with van der Waals surface area (Å²) in [5.74, 6) is 0.767. The van der Waals surface area contributed by atoms with Gasteiger partial charge in [0.1, 0.15) is 0 Å². The molecule has 0 aliphatic carbocycles. The maximum atomic E-state index is 11.5. The Morgan fingerprint density at radius 2 is 1.68 bits per heavy atom. The summed E-state index contributed by atoms with van der Waals surface area (Å²) in [6.07, 6.45) is 1.89. The Morgan fingerprint density at radius 1 is 0.941 bits per heavy atom. The quantitative estimate of drug-likeness (QED) is 0.441. The van der Waals surface area contributed by atoms with Crippen molar-refractivity contribution in [2.24, 2.45) is 11.7 Å². The second kappa shape index (κ2) is 9.61. The first-order chi connectivity index (χ1) is 16.6. The van der Waals surface area contributed by atoms with Gasteiger partial charge in [-0.05, 0) is 66.8 Å². The molecular formula is C28H28N4O2. The molecule has 6 heteroatoms. The average Bonchev–Trinajstić information content (AvgIpc) is 3.35. The van der Waals surface area contributed by atoms with Gasteiger partial charge in [-0.1, -0.05) is 54.6 Å². The van der Waals surface area contributed by atoms with Crippen molar-refractivity contribution in [3.05, 3.63) is 83.9 Å². The molecule has 0 saturated carbocycles. The Hall–Kier alpha value is -3.77. The van der Waals surface area contributed by atoms with E-state index in [0.717, 1.165) is 60.3 Å². The number of likely N-dealkylation sites (tertiary alicyclic amines) is 1. The molecule has 1 fully saturated rings. The van der Waals surface area contributed by atoms with Crippen LogP contribution in [0.3, 0.4) is 0 Å². The lowest BCUT2D eigenvalue weighted by Gasteiger charge is -2.31. The normalized spacial score (nSPS) is 16.4. The Kier molecular flexibility index (Phi) is 6.23. The summed E-state index contributed by atoms with van der Waals surface area (Å²) in [6, 6.07) is 24.6. The van der Waals surface area contributed by atoms with Gasteiger partial charge < -0.3 is 10.2 Å². The first-order valence-corrected chi connectivity index (χ1v) is 11.7. The van der Waals surface area contributed by atoms with Crippen LogP contribution in [-0.2, 0) is 11.3 Å². The van der Waals surface area contributed by atoms with Crippen molar-refractivity contribution in [2.45, 2.75) is 26.3 Å². The van der Waals surface area contributed by atoms with E-state index in [1.54, 1.807) is 0 Å². The van der Waals surface area contributed by atoms with Crippen molar-refractivity contribution in [1.82, 2.24) is 15.1 Å². The molecule has 0 unspecified atom stereocenters. The van der Waals surface area contributed by atoms with Gasteiger partial charge in [-0.2, -0.15) is 0 Å². The average molecular weight is 453 g/mol. The highest BCUT2D eigenvalue weighted by Gasteiger charge is 2.24. The fourth-order valence-corrected chi connectivity index (χ4v) is 4.69. The van der Waals surface area contributed by atoms with Crippen LogP contribution in [0.5, 0.6) is 0 Å². The highest BCUT2D eigenvalue weighted by Crippen LogP contribution is 2.32. The van der Waals surface area contributed by atoms with Crippen LogP contribution in [0.15, 0.2) is 77.2 Å². The Labute approximate surface area is 199 Å². The van der Waals surface area contributed by atoms with Crippen LogP contribution in [0.1, 0.15) is 24.0 Å². The summed E-state index contributed by atoms with van der Waals surface area (Å²) in [5.41, 5.74) is 11.9. The van der Waals surface area contributed by atoms with Gasteiger partial charge in [-0.25, -0.2) is 0 Å². The predicted molar refractivity (Wildman–Crippen MR) is 133 cm³/mol. The van der Waals surface area contributed by atoms with Gasteiger partial charge in [0.25, 0.3) is 0 Å². The SMILES string of the molecule is Cc1c(-c2ccccc2)cccc1-c1nnc(-c2ccc(CN3CCC[C@@H](C(N)=O)C3)cc2)o1. The molecular weight excluding hydrogens is 424 g/mol. The molecule has 1 saturated heterocycles. The topological polar surface area (TPSA) is 85.3 Å². The van der Waals surface area contributed by atoms with Crippen LogP contribution in [0, 0.1) is 12.8 Å². The third-order valence-corrected chi connectivity index (χ3v) is 6.59. The number of carbonyl (C=O) groups excluding carboxylic acids is 1. The lowest BCUT2D eigenvalue weighted by Crippen LogP contribution is -2.40. The van der Waals surface area contributed by atoms with Crippen molar-refractivity contribution >= 4 is 5.91 Å². The molecule has 2 heterocycles. The smallest absolute Gasteiger partial charge is 0.248 e. The van der Waals surface area contributed by atoms with E-state index in [-0.39, 0.29) is 11.8 Å². The molecule has 1 aromatic heterocycles. The number of carbonyl (C=O) groups is 1. The highest BCUT2D eigenvalue weighted by atomic mass is 16.4. The number of piperidine rings is 1. The van der Waals surface area contributed by atoms with E-state index >= 15 is 0 Å². The largest absolute Gasteiger partial charge is 0.416 e. The zero-order valence-electron chi connectivity index (χ0n) is 19.3. The highest BCUT2D eigenvalue weighted by molar-refractivity contribution is 5.77. The minimum atomic E-state index is -0.197. The second-order valence-corrected chi connectivity index (χ2v) is 8.93. The fourth-order valence-electron chi connectivity index (χ4n) is 4.69. The summed E-state index contributed by atoms with van der Waals surface area (Å²) in [5, 5.41) is 8.63. The van der Waals surface area contributed by atoms with Crippen molar-refractivity contribution in [1.29, 1.82) is 0 Å². The van der Waals surface area contributed by atoms with Crippen LogP contribution in [0.4, 0.5) is 0 Å². The van der Waals surface area contributed by atoms with Gasteiger partial charge in [0, 0.05) is 24.2 Å². The van der Waals surface area contributed by atoms with Gasteiger partial charge in [0.15, 0.2) is 0 Å². The molecule has 6 nitrogen and oxygen atoms in total. The van der Waals surface area contributed by atoms with E-state index in [1.165, 1.54) is 5.56 Å². The molecule has 0 radical (unpaired) electrons. The fraction of sp³-hybridized carbons (Fsp3) is 0.250. The second-order valence-electron chi connectivity index (χ2n) is 8.93. The lowest BCUT2D eigenvalue weighted by atomic mass is 9.96. The van der Waals surface area contributed by atoms with Crippen LogP contribution in [0.2, 0.25) is 0 Å². The summed E-state index contributed by atoms with van der Waals surface area (Å²) in [6.45, 7) is 4.59. The standard InChI is InChI=1S/C28H28N4O2/c1-19-24(21-7-3-2-4-8-21)10-5-11-25(19)28-31-30-27(34-28)22-14-12-20(13-15-22)17-32-16-6-9-23(18-32)26(29)33/h2-5,7-8,10-15,23H,6,9,16-18H2,1H3,(H2,29,33)/t23-/m1/s1. The molecule has 4 aromatic rings. The maximum Gasteiger partial charge on any atom is 0.248 e. The number of nitrogens with two attached hydrogens (primary N) is 1. The van der Waals surface area contributed by atoms with Crippen LogP contribution in [-0.4, -0.2) is 34.1 Å². The molecule has 2 N–H and O–H groups in total. The van der Waals surface area contributed by atoms with E-state index < -0.39 is 0 Å². The van der Waals surface area contributed by atoms with Crippen molar-refractivity contribution in [2.75, 3.05) is 13.1 Å². The molecule has 1 amide bonds. The molecule has 0 bridgehead atoms. The summed E-state index contributed by atoms with van der Waals surface area (Å²) in [4.78, 5) is 13.8. The van der Waals surface area contributed by atoms with Gasteiger partial charge in [0.05, 0.1) is 5.92 Å². The zero-order chi connectivity index (χ0) is 23.5. The molecule has 1 aliphatic rings. The molecule has 172 valence electrons. The Morgan fingerprint density at radius 3 is 2.44 bits per heavy atom. The number of aromatic nitrogens is 2. The molecule has 34 heavy (non-hydrogen) atoms. The summed E-state index contributed by atoms with van der Waals surface area (Å²) < 4.78 is 6.07. The van der Waals surface area contributed by atoms with Crippen molar-refractivity contribution in [3.63, 3.8) is 0 Å². The van der Waals surface area contributed by atoms with Crippen molar-refractivity contribution < 1.29 is 9.21 Å². The Balaban J connectivity index is 1.32. The lowest BCUT2D eigenvalue weighted by molar-refractivity contribution is -0.123. The summed E-state index contributed by atoms with van der Waals surface area (Å²) in [7, 11) is 0. The van der Waals surface area contributed by atoms with E-state index in [1.807, 2.05) is 42.5 Å². The number of rotatable bonds is 6. The molecule has 3 aromatic carbocycles. The Bertz CT molecular complexity index is 1280. The van der Waals surface area contributed by atoms with E-state index in [0.29, 0.717) is 11.8 Å². The minimum absolute atomic E-state index is 0.0475. The number of hydrogen-bond acceptors (Lipinski definition) is 5. The van der Waals surface area contributed by atoms with Gasteiger partial charge in [0.2, 0.25) is 17.7 Å². The zero-order valence-corrected chi connectivity index (χ0v) is 19.3. The first kappa shape index (κ1) is 22.0. The van der Waals surface area contributed by atoms with Gasteiger partial charge >= 0.3 is 0 Å². The molecule has 0 spiro atoms. The van der Waals surface area contributed by atoms with Crippen LogP contribution in [0.25, 0.3) is 34.0 Å². The van der Waals surface area contributed by atoms with E-state index in [9.17, 15) is 4.79 Å². The summed E-state index contributed by atoms with van der Waals surface area (Å²) >= 11 is 0. The van der Waals surface area contributed by atoms with E-state index in [2.05, 4.69) is 52.4 Å². The van der Waals surface area contributed by atoms with Crippen LogP contribution < -0.4 is 5.73 Å². The minimum Gasteiger partial charge on any atom is -0.416 e. The molecule has 1 aliphatic heterocycles. The molecule has 5 rings (SSSR count).